The van der Waals surface area contributed by atoms with Gasteiger partial charge in [-0.1, -0.05) is 35.5 Å². The molecule has 1 saturated heterocycles. The van der Waals surface area contributed by atoms with Gasteiger partial charge in [0.15, 0.2) is 11.8 Å². The third-order valence-electron chi connectivity index (χ3n) is 4.63. The molecule has 0 aliphatic carbocycles. The van der Waals surface area contributed by atoms with E-state index in [9.17, 15) is 0 Å². The van der Waals surface area contributed by atoms with Crippen molar-refractivity contribution in [1.82, 2.24) is 20.4 Å². The largest absolute Gasteiger partial charge is 0.371 e. The van der Waals surface area contributed by atoms with Gasteiger partial charge >= 0.3 is 0 Å². The molecular weight excluding hydrogens is 457 g/mol. The predicted octanol–water partition coefficient (Wildman–Crippen LogP) is 3.35. The molecule has 2 heterocycles. The number of likely N-dealkylation sites (tertiary alicyclic amines) is 1. The molecule has 2 aromatic rings. The summed E-state index contributed by atoms with van der Waals surface area (Å²) in [6.45, 7) is 6.87. The van der Waals surface area contributed by atoms with Crippen molar-refractivity contribution in [2.45, 2.75) is 38.8 Å². The molecule has 2 atom stereocenters. The van der Waals surface area contributed by atoms with Gasteiger partial charge in [0.05, 0.1) is 6.54 Å². The summed E-state index contributed by atoms with van der Waals surface area (Å²) >= 11 is 0. The van der Waals surface area contributed by atoms with Gasteiger partial charge in [0.2, 0.25) is 5.89 Å². The third kappa shape index (κ3) is 5.65. The van der Waals surface area contributed by atoms with E-state index < -0.39 is 0 Å². The van der Waals surface area contributed by atoms with E-state index in [0.717, 1.165) is 25.5 Å². The normalized spacial score (nSPS) is 18.3. The molecule has 148 valence electrons. The Kier molecular flexibility index (Phi) is 8.49. The van der Waals surface area contributed by atoms with Crippen LogP contribution in [0.5, 0.6) is 0 Å². The first kappa shape index (κ1) is 21.6. The first-order valence-electron chi connectivity index (χ1n) is 9.15. The second-order valence-corrected chi connectivity index (χ2v) is 6.39. The highest BCUT2D eigenvalue weighted by atomic mass is 127. The van der Waals surface area contributed by atoms with Crippen LogP contribution in [-0.4, -0.2) is 47.7 Å². The van der Waals surface area contributed by atoms with E-state index in [1.165, 1.54) is 5.56 Å². The maximum Gasteiger partial charge on any atom is 0.246 e. The summed E-state index contributed by atoms with van der Waals surface area (Å²) in [5.41, 5.74) is 1.39. The molecule has 1 aliphatic heterocycles. The molecule has 7 nitrogen and oxygen atoms in total. The van der Waals surface area contributed by atoms with Crippen molar-refractivity contribution < 1.29 is 9.26 Å². The highest BCUT2D eigenvalue weighted by Crippen LogP contribution is 2.26. The predicted molar refractivity (Wildman–Crippen MR) is 115 cm³/mol. The second kappa shape index (κ2) is 10.6. The number of hydrogen-bond donors (Lipinski definition) is 1. The van der Waals surface area contributed by atoms with E-state index in [4.69, 9.17) is 9.26 Å². The molecule has 0 amide bonds. The lowest BCUT2D eigenvalue weighted by Gasteiger charge is -2.21. The number of nitrogens with one attached hydrogen (secondary N) is 1. The Morgan fingerprint density at radius 3 is 2.89 bits per heavy atom. The van der Waals surface area contributed by atoms with Gasteiger partial charge in [-0.3, -0.25) is 4.99 Å². The van der Waals surface area contributed by atoms with Crippen molar-refractivity contribution in [3.63, 3.8) is 0 Å². The fourth-order valence-electron chi connectivity index (χ4n) is 3.27. The molecule has 0 saturated carbocycles. The van der Waals surface area contributed by atoms with Gasteiger partial charge < -0.3 is 19.5 Å². The average molecular weight is 485 g/mol. The minimum atomic E-state index is -0.165. The molecule has 0 radical (unpaired) electrons. The molecule has 3 rings (SSSR count). The van der Waals surface area contributed by atoms with Gasteiger partial charge in [-0.05, 0) is 25.8 Å². The highest BCUT2D eigenvalue weighted by molar-refractivity contribution is 14.0. The lowest BCUT2D eigenvalue weighted by Crippen LogP contribution is -2.39. The summed E-state index contributed by atoms with van der Waals surface area (Å²) in [5.74, 6) is 2.51. The number of ether oxygens (including phenoxy) is 1. The second-order valence-electron chi connectivity index (χ2n) is 6.39. The van der Waals surface area contributed by atoms with Crippen molar-refractivity contribution in [2.75, 3.05) is 26.7 Å². The Bertz CT molecular complexity index is 722. The number of benzene rings is 1. The van der Waals surface area contributed by atoms with Crippen LogP contribution in [0.1, 0.15) is 49.6 Å². The summed E-state index contributed by atoms with van der Waals surface area (Å²) in [4.78, 5) is 11.1. The molecule has 1 N–H and O–H groups in total. The lowest BCUT2D eigenvalue weighted by molar-refractivity contribution is 0.0683. The van der Waals surface area contributed by atoms with Crippen LogP contribution in [0, 0.1) is 0 Å². The van der Waals surface area contributed by atoms with E-state index >= 15 is 0 Å². The summed E-state index contributed by atoms with van der Waals surface area (Å²) in [5, 5.41) is 7.31. The minimum Gasteiger partial charge on any atom is -0.371 e. The van der Waals surface area contributed by atoms with Gasteiger partial charge in [-0.2, -0.15) is 4.98 Å². The van der Waals surface area contributed by atoms with Crippen LogP contribution in [-0.2, 0) is 11.3 Å². The fraction of sp³-hybridized carbons (Fsp3) is 0.526. The van der Waals surface area contributed by atoms with Crippen molar-refractivity contribution in [2.24, 2.45) is 4.99 Å². The molecule has 8 heteroatoms. The zero-order valence-corrected chi connectivity index (χ0v) is 18.4. The van der Waals surface area contributed by atoms with Gasteiger partial charge in [-0.15, -0.1) is 24.0 Å². The Balaban J connectivity index is 0.00000261. The topological polar surface area (TPSA) is 75.8 Å². The first-order valence-corrected chi connectivity index (χ1v) is 9.15. The SMILES string of the molecule is CCOC(C)c1noc(CNC(=NC)N2CCC(c3ccccc3)C2)n1.I. The van der Waals surface area contributed by atoms with Crippen molar-refractivity contribution in [3.05, 3.63) is 47.6 Å². The van der Waals surface area contributed by atoms with Gasteiger partial charge in [0.1, 0.15) is 6.10 Å². The van der Waals surface area contributed by atoms with Gasteiger partial charge in [0, 0.05) is 32.7 Å². The number of rotatable bonds is 6. The molecule has 1 aromatic carbocycles. The summed E-state index contributed by atoms with van der Waals surface area (Å²) in [7, 11) is 1.80. The van der Waals surface area contributed by atoms with Crippen LogP contribution >= 0.6 is 24.0 Å². The maximum absolute atomic E-state index is 5.49. The highest BCUT2D eigenvalue weighted by Gasteiger charge is 2.26. The van der Waals surface area contributed by atoms with Crippen LogP contribution in [0.2, 0.25) is 0 Å². The van der Waals surface area contributed by atoms with Crippen LogP contribution < -0.4 is 5.32 Å². The molecule has 27 heavy (non-hydrogen) atoms. The molecule has 1 aromatic heterocycles. The molecular formula is C19H28IN5O2. The fourth-order valence-corrected chi connectivity index (χ4v) is 3.27. The van der Waals surface area contributed by atoms with Crippen LogP contribution in [0.25, 0.3) is 0 Å². The minimum absolute atomic E-state index is 0. The van der Waals surface area contributed by atoms with E-state index in [1.807, 2.05) is 13.8 Å². The Labute approximate surface area is 177 Å². The molecule has 0 spiro atoms. The first-order chi connectivity index (χ1) is 12.7. The smallest absolute Gasteiger partial charge is 0.246 e. The average Bonchev–Trinajstić information content (AvgIpc) is 3.33. The number of aromatic nitrogens is 2. The quantitative estimate of drug-likeness (QED) is 0.384. The zero-order valence-electron chi connectivity index (χ0n) is 16.1. The van der Waals surface area contributed by atoms with Crippen molar-refractivity contribution in [3.8, 4) is 0 Å². The van der Waals surface area contributed by atoms with Gasteiger partial charge in [0.25, 0.3) is 0 Å². The summed E-state index contributed by atoms with van der Waals surface area (Å²) < 4.78 is 10.8. The van der Waals surface area contributed by atoms with E-state index in [-0.39, 0.29) is 30.1 Å². The maximum atomic E-state index is 5.49. The molecule has 2 unspecified atom stereocenters. The van der Waals surface area contributed by atoms with Crippen molar-refractivity contribution in [1.29, 1.82) is 0 Å². The van der Waals surface area contributed by atoms with Crippen LogP contribution in [0.3, 0.4) is 0 Å². The zero-order chi connectivity index (χ0) is 18.4. The number of hydrogen-bond acceptors (Lipinski definition) is 5. The molecule has 1 aliphatic rings. The van der Waals surface area contributed by atoms with Crippen LogP contribution in [0.4, 0.5) is 0 Å². The summed E-state index contributed by atoms with van der Waals surface area (Å²) in [6.07, 6.45) is 0.961. The van der Waals surface area contributed by atoms with Gasteiger partial charge in [-0.25, -0.2) is 0 Å². The Morgan fingerprint density at radius 1 is 1.41 bits per heavy atom. The monoisotopic (exact) mass is 485 g/mol. The van der Waals surface area contributed by atoms with E-state index in [0.29, 0.717) is 30.8 Å². The van der Waals surface area contributed by atoms with Crippen molar-refractivity contribution >= 4 is 29.9 Å². The van der Waals surface area contributed by atoms with Crippen LogP contribution in [0.15, 0.2) is 39.8 Å². The number of guanidine groups is 1. The molecule has 0 bridgehead atoms. The number of nitrogens with zero attached hydrogens (tertiary/aromatic N) is 4. The Morgan fingerprint density at radius 2 is 2.19 bits per heavy atom. The summed E-state index contributed by atoms with van der Waals surface area (Å²) in [6, 6.07) is 10.7. The lowest BCUT2D eigenvalue weighted by atomic mass is 9.99. The number of halogens is 1. The standard InChI is InChI=1S/C19H27N5O2.HI/c1-4-25-14(2)18-22-17(26-23-18)12-21-19(20-3)24-11-10-16(13-24)15-8-6-5-7-9-15;/h5-9,14,16H,4,10-13H2,1-3H3,(H,20,21);1H. The number of aliphatic imine (C=N–C) groups is 1. The van der Waals surface area contributed by atoms with E-state index in [1.54, 1.807) is 7.05 Å². The Hall–Kier alpha value is -1.68. The van der Waals surface area contributed by atoms with E-state index in [2.05, 4.69) is 55.7 Å². The third-order valence-corrected chi connectivity index (χ3v) is 4.63. The molecule has 1 fully saturated rings.